The number of nitrogens with one attached hydrogen (secondary N) is 1. The predicted molar refractivity (Wildman–Crippen MR) is 118 cm³/mol. The number of amides is 2. The molecule has 0 radical (unpaired) electrons. The number of hydrogen-bond donors (Lipinski definition) is 1. The van der Waals surface area contributed by atoms with Gasteiger partial charge in [0.05, 0.1) is 12.1 Å². The van der Waals surface area contributed by atoms with Gasteiger partial charge in [0, 0.05) is 23.1 Å². The Kier molecular flexibility index (Phi) is 5.38. The van der Waals surface area contributed by atoms with Crippen molar-refractivity contribution in [2.24, 2.45) is 0 Å². The van der Waals surface area contributed by atoms with E-state index >= 15 is 0 Å². The molecule has 1 aliphatic heterocycles. The van der Waals surface area contributed by atoms with E-state index in [1.54, 1.807) is 48.8 Å². The summed E-state index contributed by atoms with van der Waals surface area (Å²) in [6, 6.07) is 16.3. The molecule has 4 rings (SSSR count). The van der Waals surface area contributed by atoms with Crippen LogP contribution in [-0.4, -0.2) is 21.7 Å². The molecular weight excluding hydrogens is 398 g/mol. The van der Waals surface area contributed by atoms with E-state index in [9.17, 15) is 9.59 Å². The van der Waals surface area contributed by atoms with Gasteiger partial charge in [-0.2, -0.15) is 0 Å². The van der Waals surface area contributed by atoms with Gasteiger partial charge in [0.1, 0.15) is 5.70 Å². The van der Waals surface area contributed by atoms with Crippen LogP contribution in [0.2, 0.25) is 5.02 Å². The second kappa shape index (κ2) is 8.13. The van der Waals surface area contributed by atoms with E-state index in [-0.39, 0.29) is 24.1 Å². The number of aryl methyl sites for hydroxylation is 1. The Hall–Kier alpha value is -3.44. The minimum Gasteiger partial charge on any atom is -0.350 e. The van der Waals surface area contributed by atoms with Gasteiger partial charge >= 0.3 is 0 Å². The van der Waals surface area contributed by atoms with E-state index < -0.39 is 0 Å². The third-order valence-corrected chi connectivity index (χ3v) is 5.51. The smallest absolute Gasteiger partial charge is 0.278 e. The summed E-state index contributed by atoms with van der Waals surface area (Å²) in [5, 5.41) is 3.80. The van der Waals surface area contributed by atoms with Crippen LogP contribution in [-0.2, 0) is 16.1 Å². The van der Waals surface area contributed by atoms with Crippen molar-refractivity contribution in [3.05, 3.63) is 100.0 Å². The van der Waals surface area contributed by atoms with Gasteiger partial charge < -0.3 is 5.32 Å². The van der Waals surface area contributed by atoms with E-state index in [4.69, 9.17) is 11.6 Å². The molecule has 1 N–H and O–H groups in total. The minimum absolute atomic E-state index is 0.176. The maximum atomic E-state index is 13.3. The fourth-order valence-electron chi connectivity index (χ4n) is 3.41. The maximum absolute atomic E-state index is 13.3. The van der Waals surface area contributed by atoms with E-state index in [2.05, 4.69) is 10.3 Å². The highest BCUT2D eigenvalue weighted by Gasteiger charge is 2.39. The number of halogens is 1. The Morgan fingerprint density at radius 1 is 0.933 bits per heavy atom. The van der Waals surface area contributed by atoms with E-state index in [1.807, 2.05) is 32.0 Å². The average molecular weight is 418 g/mol. The number of pyridine rings is 1. The molecule has 0 saturated heterocycles. The third kappa shape index (κ3) is 3.72. The predicted octanol–water partition coefficient (Wildman–Crippen LogP) is 4.74. The molecule has 6 heteroatoms. The summed E-state index contributed by atoms with van der Waals surface area (Å²) in [5.41, 5.74) is 4.99. The van der Waals surface area contributed by atoms with Crippen LogP contribution < -0.4 is 5.32 Å². The molecule has 1 aliphatic rings. The lowest BCUT2D eigenvalue weighted by Gasteiger charge is -2.16. The summed E-state index contributed by atoms with van der Waals surface area (Å²) in [4.78, 5) is 31.9. The fourth-order valence-corrected chi connectivity index (χ4v) is 3.54. The maximum Gasteiger partial charge on any atom is 0.278 e. The molecule has 0 fully saturated rings. The van der Waals surface area contributed by atoms with Crippen molar-refractivity contribution in [2.45, 2.75) is 20.4 Å². The van der Waals surface area contributed by atoms with Gasteiger partial charge in [-0.05, 0) is 66.4 Å². The first kappa shape index (κ1) is 19.9. The largest absolute Gasteiger partial charge is 0.350 e. The second-order valence-corrected chi connectivity index (χ2v) is 7.62. The lowest BCUT2D eigenvalue weighted by molar-refractivity contribution is -0.137. The summed E-state index contributed by atoms with van der Waals surface area (Å²) >= 11 is 6.02. The normalized spacial score (nSPS) is 13.9. The third-order valence-electron chi connectivity index (χ3n) is 5.26. The number of carbonyl (C=O) groups is 2. The van der Waals surface area contributed by atoms with Crippen LogP contribution >= 0.6 is 11.6 Å². The molecule has 0 spiro atoms. The van der Waals surface area contributed by atoms with Crippen LogP contribution in [0.5, 0.6) is 0 Å². The van der Waals surface area contributed by atoms with Gasteiger partial charge in [0.15, 0.2) is 0 Å². The fraction of sp³-hybridized carbons (Fsp3) is 0.125. The van der Waals surface area contributed by atoms with Gasteiger partial charge in [0.25, 0.3) is 11.8 Å². The Balaban J connectivity index is 1.77. The van der Waals surface area contributed by atoms with Gasteiger partial charge in [0.2, 0.25) is 0 Å². The van der Waals surface area contributed by atoms with E-state index in [0.717, 1.165) is 22.4 Å². The molecule has 3 aromatic rings. The van der Waals surface area contributed by atoms with Crippen LogP contribution in [0.3, 0.4) is 0 Å². The zero-order valence-corrected chi connectivity index (χ0v) is 17.4. The Morgan fingerprint density at radius 2 is 1.63 bits per heavy atom. The topological polar surface area (TPSA) is 62.3 Å². The number of nitrogens with zero attached hydrogens (tertiary/aromatic N) is 2. The molecule has 2 aromatic carbocycles. The Bertz CT molecular complexity index is 1150. The number of carbonyl (C=O) groups excluding carboxylic acids is 2. The molecule has 0 bridgehead atoms. The summed E-state index contributed by atoms with van der Waals surface area (Å²) in [5.74, 6) is -0.699. The van der Waals surface area contributed by atoms with Crippen LogP contribution in [0, 0.1) is 13.8 Å². The van der Waals surface area contributed by atoms with Gasteiger partial charge in [-0.25, -0.2) is 0 Å². The summed E-state index contributed by atoms with van der Waals surface area (Å²) in [6.45, 7) is 4.16. The number of rotatable bonds is 5. The standard InChI is InChI=1S/C24H20ClN3O2/c1-15-4-3-5-20(16(15)2)27-22-21(18-6-8-19(25)9-7-18)23(29)28(24(22)30)14-17-10-12-26-13-11-17/h3-13,27H,14H2,1-2H3. The minimum atomic E-state index is -0.359. The highest BCUT2D eigenvalue weighted by atomic mass is 35.5. The Morgan fingerprint density at radius 3 is 2.33 bits per heavy atom. The van der Waals surface area contributed by atoms with Crippen LogP contribution in [0.15, 0.2) is 72.7 Å². The number of benzene rings is 2. The van der Waals surface area contributed by atoms with Crippen molar-refractivity contribution in [1.82, 2.24) is 9.88 Å². The Labute approximate surface area is 180 Å². The summed E-state index contributed by atoms with van der Waals surface area (Å²) in [7, 11) is 0. The number of imide groups is 1. The molecule has 0 saturated carbocycles. The van der Waals surface area contributed by atoms with Crippen LogP contribution in [0.4, 0.5) is 5.69 Å². The SMILES string of the molecule is Cc1cccc(NC2=C(c3ccc(Cl)cc3)C(=O)N(Cc3ccncc3)C2=O)c1C. The highest BCUT2D eigenvalue weighted by molar-refractivity contribution is 6.36. The molecule has 150 valence electrons. The zero-order valence-electron chi connectivity index (χ0n) is 16.6. The van der Waals surface area contributed by atoms with Crippen molar-refractivity contribution in [2.75, 3.05) is 5.32 Å². The molecular formula is C24H20ClN3O2. The zero-order chi connectivity index (χ0) is 21.3. The molecule has 0 atom stereocenters. The molecule has 2 amide bonds. The first-order valence-electron chi connectivity index (χ1n) is 9.54. The number of hydrogen-bond acceptors (Lipinski definition) is 4. The van der Waals surface area contributed by atoms with Crippen molar-refractivity contribution >= 4 is 34.7 Å². The van der Waals surface area contributed by atoms with Gasteiger partial charge in [-0.3, -0.25) is 19.5 Å². The van der Waals surface area contributed by atoms with E-state index in [0.29, 0.717) is 16.2 Å². The molecule has 30 heavy (non-hydrogen) atoms. The molecule has 2 heterocycles. The molecule has 0 aliphatic carbocycles. The highest BCUT2D eigenvalue weighted by Crippen LogP contribution is 2.33. The number of anilines is 1. The first-order valence-corrected chi connectivity index (χ1v) is 9.92. The molecule has 0 unspecified atom stereocenters. The molecule has 1 aromatic heterocycles. The quantitative estimate of drug-likeness (QED) is 0.609. The van der Waals surface area contributed by atoms with Crippen molar-refractivity contribution in [1.29, 1.82) is 0 Å². The van der Waals surface area contributed by atoms with Crippen molar-refractivity contribution in [3.63, 3.8) is 0 Å². The lowest BCUT2D eigenvalue weighted by Crippen LogP contribution is -2.32. The van der Waals surface area contributed by atoms with Crippen LogP contribution in [0.25, 0.3) is 5.57 Å². The summed E-state index contributed by atoms with van der Waals surface area (Å²) < 4.78 is 0. The monoisotopic (exact) mass is 417 g/mol. The lowest BCUT2D eigenvalue weighted by atomic mass is 10.0. The van der Waals surface area contributed by atoms with Crippen molar-refractivity contribution < 1.29 is 9.59 Å². The first-order chi connectivity index (χ1) is 14.5. The summed E-state index contributed by atoms with van der Waals surface area (Å²) in [6.07, 6.45) is 3.28. The van der Waals surface area contributed by atoms with E-state index in [1.165, 1.54) is 4.90 Å². The number of aromatic nitrogens is 1. The van der Waals surface area contributed by atoms with Gasteiger partial charge in [-0.15, -0.1) is 0 Å². The average Bonchev–Trinajstić information content (AvgIpc) is 2.97. The van der Waals surface area contributed by atoms with Crippen molar-refractivity contribution in [3.8, 4) is 0 Å². The van der Waals surface area contributed by atoms with Crippen LogP contribution in [0.1, 0.15) is 22.3 Å². The second-order valence-electron chi connectivity index (χ2n) is 7.18. The molecule has 5 nitrogen and oxygen atoms in total. The van der Waals surface area contributed by atoms with Gasteiger partial charge in [-0.1, -0.05) is 35.9 Å².